The largest absolute Gasteiger partial charge is 0.493 e. The highest BCUT2D eigenvalue weighted by molar-refractivity contribution is 5.72. The van der Waals surface area contributed by atoms with Crippen LogP contribution in [0, 0.1) is 0 Å². The lowest BCUT2D eigenvalue weighted by atomic mass is 9.86. The highest BCUT2D eigenvalue weighted by Crippen LogP contribution is 2.44. The Morgan fingerprint density at radius 1 is 1.50 bits per heavy atom. The summed E-state index contributed by atoms with van der Waals surface area (Å²) in [7, 11) is 0. The fourth-order valence-corrected chi connectivity index (χ4v) is 3.41. The number of carbonyl (C=O) groups excluding carboxylic acids is 1. The van der Waals surface area contributed by atoms with Crippen LogP contribution in [0.1, 0.15) is 43.7 Å². The van der Waals surface area contributed by atoms with E-state index in [2.05, 4.69) is 29.7 Å². The van der Waals surface area contributed by atoms with E-state index < -0.39 is 0 Å². The number of benzene rings is 1. The van der Waals surface area contributed by atoms with Crippen molar-refractivity contribution in [1.82, 2.24) is 5.32 Å². The van der Waals surface area contributed by atoms with Crippen LogP contribution in [0.4, 0.5) is 5.69 Å². The number of ether oxygens (including phenoxy) is 1. The molecule has 1 amide bonds. The Bertz CT molecular complexity index is 527. The summed E-state index contributed by atoms with van der Waals surface area (Å²) in [5, 5.41) is 6.47. The van der Waals surface area contributed by atoms with E-state index in [1.54, 1.807) is 6.92 Å². The van der Waals surface area contributed by atoms with Crippen LogP contribution in [0.5, 0.6) is 5.75 Å². The van der Waals surface area contributed by atoms with Crippen molar-refractivity contribution in [1.29, 1.82) is 0 Å². The van der Waals surface area contributed by atoms with Gasteiger partial charge in [0.15, 0.2) is 0 Å². The fourth-order valence-electron chi connectivity index (χ4n) is 3.41. The number of carbonyl (C=O) groups is 1. The summed E-state index contributed by atoms with van der Waals surface area (Å²) in [4.78, 5) is 11.0. The second kappa shape index (κ2) is 5.35. The Labute approximate surface area is 119 Å². The van der Waals surface area contributed by atoms with Gasteiger partial charge in [0.05, 0.1) is 6.61 Å². The average molecular weight is 274 g/mol. The molecule has 1 aromatic carbocycles. The molecule has 2 unspecified atom stereocenters. The van der Waals surface area contributed by atoms with Crippen LogP contribution >= 0.6 is 0 Å². The normalized spacial score (nSPS) is 23.3. The van der Waals surface area contributed by atoms with Crippen LogP contribution in [0.15, 0.2) is 12.1 Å². The van der Waals surface area contributed by atoms with Crippen molar-refractivity contribution in [3.63, 3.8) is 0 Å². The molecule has 4 heteroatoms. The van der Waals surface area contributed by atoms with Crippen molar-refractivity contribution in [2.24, 2.45) is 0 Å². The number of anilines is 1. The van der Waals surface area contributed by atoms with Gasteiger partial charge >= 0.3 is 0 Å². The smallest absolute Gasteiger partial charge is 0.216 e. The molecular formula is C16H22N2O2. The Morgan fingerprint density at radius 3 is 3.15 bits per heavy atom. The second-order valence-electron chi connectivity index (χ2n) is 5.77. The van der Waals surface area contributed by atoms with Gasteiger partial charge in [0.2, 0.25) is 5.91 Å². The summed E-state index contributed by atoms with van der Waals surface area (Å²) in [5.74, 6) is 1.55. The molecule has 0 aromatic heterocycles. The lowest BCUT2D eigenvalue weighted by Gasteiger charge is -2.23. The van der Waals surface area contributed by atoms with E-state index in [-0.39, 0.29) is 5.91 Å². The summed E-state index contributed by atoms with van der Waals surface area (Å²) < 4.78 is 5.78. The number of amides is 1. The third-order valence-corrected chi connectivity index (χ3v) is 4.33. The molecule has 0 spiro atoms. The Kier molecular flexibility index (Phi) is 3.55. The Morgan fingerprint density at radius 2 is 2.35 bits per heavy atom. The topological polar surface area (TPSA) is 50.4 Å². The van der Waals surface area contributed by atoms with Crippen LogP contribution in [-0.4, -0.2) is 25.1 Å². The van der Waals surface area contributed by atoms with Gasteiger partial charge in [-0.3, -0.25) is 4.79 Å². The molecule has 0 radical (unpaired) electrons. The van der Waals surface area contributed by atoms with Crippen LogP contribution < -0.4 is 15.4 Å². The van der Waals surface area contributed by atoms with Crippen molar-refractivity contribution in [3.05, 3.63) is 23.3 Å². The zero-order valence-corrected chi connectivity index (χ0v) is 12.2. The number of fused-ring (bicyclic) bond motifs is 3. The van der Waals surface area contributed by atoms with Crippen LogP contribution in [0.3, 0.4) is 0 Å². The molecule has 4 nitrogen and oxygen atoms in total. The molecule has 0 bridgehead atoms. The van der Waals surface area contributed by atoms with Gasteiger partial charge in [0.1, 0.15) is 5.75 Å². The van der Waals surface area contributed by atoms with Crippen molar-refractivity contribution in [2.75, 3.05) is 18.5 Å². The predicted octanol–water partition coefficient (Wildman–Crippen LogP) is 2.44. The Balaban J connectivity index is 1.85. The third-order valence-electron chi connectivity index (χ3n) is 4.33. The molecule has 1 aromatic rings. The molecule has 2 atom stereocenters. The van der Waals surface area contributed by atoms with E-state index in [9.17, 15) is 4.79 Å². The van der Waals surface area contributed by atoms with E-state index in [0.29, 0.717) is 12.0 Å². The maximum absolute atomic E-state index is 11.0. The second-order valence-corrected chi connectivity index (χ2v) is 5.77. The van der Waals surface area contributed by atoms with E-state index in [1.165, 1.54) is 16.8 Å². The highest BCUT2D eigenvalue weighted by atomic mass is 16.5. The molecule has 3 rings (SSSR count). The molecule has 2 heterocycles. The van der Waals surface area contributed by atoms with E-state index in [4.69, 9.17) is 4.74 Å². The highest BCUT2D eigenvalue weighted by Gasteiger charge is 2.33. The van der Waals surface area contributed by atoms with E-state index in [0.717, 1.165) is 38.2 Å². The molecule has 0 saturated heterocycles. The monoisotopic (exact) mass is 274 g/mol. The van der Waals surface area contributed by atoms with Gasteiger partial charge in [0.25, 0.3) is 0 Å². The lowest BCUT2D eigenvalue weighted by Crippen LogP contribution is -2.25. The molecule has 0 aliphatic carbocycles. The molecule has 2 aliphatic rings. The fraction of sp³-hybridized carbons (Fsp3) is 0.562. The third kappa shape index (κ3) is 2.35. The van der Waals surface area contributed by atoms with E-state index >= 15 is 0 Å². The van der Waals surface area contributed by atoms with Gasteiger partial charge in [-0.2, -0.15) is 0 Å². The van der Waals surface area contributed by atoms with Crippen LogP contribution in [-0.2, 0) is 11.2 Å². The van der Waals surface area contributed by atoms with Crippen LogP contribution in [0.25, 0.3) is 0 Å². The number of hydrogen-bond acceptors (Lipinski definition) is 3. The molecule has 2 N–H and O–H groups in total. The van der Waals surface area contributed by atoms with Gasteiger partial charge in [-0.15, -0.1) is 0 Å². The molecule has 2 aliphatic heterocycles. The van der Waals surface area contributed by atoms with Crippen molar-refractivity contribution in [3.8, 4) is 5.75 Å². The number of rotatable bonds is 3. The standard InChI is InChI=1S/C16H22N2O2/c1-10-12(7-8-17-11(2)19)16-13-4-3-9-20-15(13)6-5-14(16)18-10/h5-6,10,12,18H,3-4,7-9H2,1-2H3,(H,17,19). The average Bonchev–Trinajstić information content (AvgIpc) is 2.75. The summed E-state index contributed by atoms with van der Waals surface area (Å²) in [6.07, 6.45) is 3.16. The summed E-state index contributed by atoms with van der Waals surface area (Å²) in [5.41, 5.74) is 4.04. The minimum atomic E-state index is 0.0438. The summed E-state index contributed by atoms with van der Waals surface area (Å²) in [6.45, 7) is 5.34. The maximum Gasteiger partial charge on any atom is 0.216 e. The zero-order valence-electron chi connectivity index (χ0n) is 12.2. The molecule has 20 heavy (non-hydrogen) atoms. The number of nitrogens with one attached hydrogen (secondary N) is 2. The zero-order chi connectivity index (χ0) is 14.1. The summed E-state index contributed by atoms with van der Waals surface area (Å²) >= 11 is 0. The van der Waals surface area contributed by atoms with Crippen molar-refractivity contribution >= 4 is 11.6 Å². The summed E-state index contributed by atoms with van der Waals surface area (Å²) in [6, 6.07) is 4.63. The quantitative estimate of drug-likeness (QED) is 0.890. The molecular weight excluding hydrogens is 252 g/mol. The molecule has 0 saturated carbocycles. The molecule has 0 fully saturated rings. The first-order chi connectivity index (χ1) is 9.66. The van der Waals surface area contributed by atoms with Gasteiger partial charge in [-0.25, -0.2) is 0 Å². The van der Waals surface area contributed by atoms with Gasteiger partial charge in [-0.1, -0.05) is 0 Å². The SMILES string of the molecule is CC(=O)NCCC1c2c(ccc3c2CCCO3)NC1C. The van der Waals surface area contributed by atoms with Crippen molar-refractivity contribution in [2.45, 2.75) is 45.1 Å². The van der Waals surface area contributed by atoms with Crippen LogP contribution in [0.2, 0.25) is 0 Å². The van der Waals surface area contributed by atoms with E-state index in [1.807, 2.05) is 0 Å². The lowest BCUT2D eigenvalue weighted by molar-refractivity contribution is -0.118. The Hall–Kier alpha value is -1.71. The van der Waals surface area contributed by atoms with Gasteiger partial charge in [-0.05, 0) is 49.4 Å². The first-order valence-electron chi connectivity index (χ1n) is 7.46. The molecule has 108 valence electrons. The van der Waals surface area contributed by atoms with Gasteiger partial charge in [0, 0.05) is 31.1 Å². The van der Waals surface area contributed by atoms with Gasteiger partial charge < -0.3 is 15.4 Å². The minimum absolute atomic E-state index is 0.0438. The maximum atomic E-state index is 11.0. The minimum Gasteiger partial charge on any atom is -0.493 e. The first kappa shape index (κ1) is 13.3. The first-order valence-corrected chi connectivity index (χ1v) is 7.46. The van der Waals surface area contributed by atoms with Crippen molar-refractivity contribution < 1.29 is 9.53 Å². The number of hydrogen-bond donors (Lipinski definition) is 2. The predicted molar refractivity (Wildman–Crippen MR) is 79.4 cm³/mol.